The number of ether oxygens (including phenoxy) is 1. The van der Waals surface area contributed by atoms with E-state index in [1.807, 2.05) is 0 Å². The average Bonchev–Trinajstić information content (AvgIpc) is 2.33. The lowest BCUT2D eigenvalue weighted by molar-refractivity contribution is -0.157. The van der Waals surface area contributed by atoms with Gasteiger partial charge in [-0.2, -0.15) is 0 Å². The number of rotatable bonds is 5. The molecule has 0 spiro atoms. The van der Waals surface area contributed by atoms with Crippen LogP contribution in [0.5, 0.6) is 5.75 Å². The first-order valence-electron chi connectivity index (χ1n) is 6.34. The molecule has 1 saturated carbocycles. The van der Waals surface area contributed by atoms with Crippen LogP contribution in [0.25, 0.3) is 0 Å². The topological polar surface area (TPSA) is 75.6 Å². The molecule has 0 aromatic heterocycles. The van der Waals surface area contributed by atoms with Gasteiger partial charge in [0.2, 0.25) is 5.91 Å². The van der Waals surface area contributed by atoms with E-state index in [1.54, 1.807) is 18.2 Å². The highest BCUT2D eigenvalue weighted by Crippen LogP contribution is 2.44. The highest BCUT2D eigenvalue weighted by atomic mass is 79.9. The van der Waals surface area contributed by atoms with Gasteiger partial charge in [-0.3, -0.25) is 9.59 Å². The number of anilines is 1. The second-order valence-corrected chi connectivity index (χ2v) is 5.92. The smallest absolute Gasteiger partial charge is 0.310 e. The number of carbonyl (C=O) groups excluding carboxylic acids is 1. The monoisotopic (exact) mass is 341 g/mol. The third-order valence-corrected chi connectivity index (χ3v) is 4.19. The summed E-state index contributed by atoms with van der Waals surface area (Å²) in [7, 11) is 1.52. The molecule has 0 saturated heterocycles. The Balaban J connectivity index is 2.08. The molecule has 1 aliphatic carbocycles. The lowest BCUT2D eigenvalue weighted by Gasteiger charge is -2.36. The molecule has 1 fully saturated rings. The Morgan fingerprint density at radius 2 is 2.15 bits per heavy atom. The molecular weight excluding hydrogens is 326 g/mol. The van der Waals surface area contributed by atoms with Gasteiger partial charge in [0.1, 0.15) is 5.75 Å². The zero-order valence-electron chi connectivity index (χ0n) is 11.1. The molecule has 20 heavy (non-hydrogen) atoms. The van der Waals surface area contributed by atoms with E-state index in [1.165, 1.54) is 7.11 Å². The lowest BCUT2D eigenvalue weighted by Crippen LogP contribution is -2.41. The number of methoxy groups -OCH3 is 1. The van der Waals surface area contributed by atoms with Crippen LogP contribution in [-0.4, -0.2) is 24.1 Å². The van der Waals surface area contributed by atoms with E-state index in [-0.39, 0.29) is 12.3 Å². The van der Waals surface area contributed by atoms with E-state index in [2.05, 4.69) is 21.2 Å². The quantitative estimate of drug-likeness (QED) is 0.862. The van der Waals surface area contributed by atoms with Gasteiger partial charge in [-0.1, -0.05) is 22.4 Å². The number of carboxylic acid groups (broad SMARTS) is 1. The van der Waals surface area contributed by atoms with E-state index < -0.39 is 11.4 Å². The van der Waals surface area contributed by atoms with Crippen LogP contribution < -0.4 is 10.1 Å². The molecule has 1 aliphatic rings. The molecule has 0 aliphatic heterocycles. The van der Waals surface area contributed by atoms with Crippen molar-refractivity contribution >= 4 is 33.5 Å². The Kier molecular flexibility index (Phi) is 4.32. The van der Waals surface area contributed by atoms with Gasteiger partial charge in [0.15, 0.2) is 0 Å². The van der Waals surface area contributed by atoms with E-state index in [4.69, 9.17) is 4.74 Å². The first-order chi connectivity index (χ1) is 9.47. The molecule has 0 atom stereocenters. The van der Waals surface area contributed by atoms with Crippen molar-refractivity contribution < 1.29 is 19.4 Å². The number of nitrogens with one attached hydrogen (secondary N) is 1. The second kappa shape index (κ2) is 5.83. The Bertz CT molecular complexity index is 540. The summed E-state index contributed by atoms with van der Waals surface area (Å²) in [6, 6.07) is 5.26. The van der Waals surface area contributed by atoms with Gasteiger partial charge in [-0.15, -0.1) is 0 Å². The highest BCUT2D eigenvalue weighted by molar-refractivity contribution is 9.10. The fourth-order valence-electron chi connectivity index (χ4n) is 2.35. The standard InChI is InChI=1S/C14H16BrNO4/c1-20-11-4-3-9(15)7-10(11)16-12(17)8-14(13(18)19)5-2-6-14/h3-4,7H,2,5-6,8H2,1H3,(H,16,17)(H,18,19). The van der Waals surface area contributed by atoms with Gasteiger partial charge in [0.25, 0.3) is 0 Å². The van der Waals surface area contributed by atoms with Crippen LogP contribution in [0.2, 0.25) is 0 Å². The third-order valence-electron chi connectivity index (χ3n) is 3.70. The van der Waals surface area contributed by atoms with Gasteiger partial charge in [0, 0.05) is 10.9 Å². The van der Waals surface area contributed by atoms with E-state index in [0.717, 1.165) is 10.9 Å². The summed E-state index contributed by atoms with van der Waals surface area (Å²) in [5.41, 5.74) is -0.352. The summed E-state index contributed by atoms with van der Waals surface area (Å²) in [6.45, 7) is 0. The molecule has 108 valence electrons. The zero-order chi connectivity index (χ0) is 14.8. The first-order valence-corrected chi connectivity index (χ1v) is 7.13. The normalized spacial score (nSPS) is 16.1. The molecule has 0 heterocycles. The van der Waals surface area contributed by atoms with Gasteiger partial charge < -0.3 is 15.2 Å². The SMILES string of the molecule is COc1ccc(Br)cc1NC(=O)CC1(C(=O)O)CCC1. The average molecular weight is 342 g/mol. The zero-order valence-corrected chi connectivity index (χ0v) is 12.7. The summed E-state index contributed by atoms with van der Waals surface area (Å²) in [5.74, 6) is -0.650. The fraction of sp³-hybridized carbons (Fsp3) is 0.429. The third kappa shape index (κ3) is 2.95. The predicted octanol–water partition coefficient (Wildman–Crippen LogP) is 3.04. The van der Waals surface area contributed by atoms with Crippen molar-refractivity contribution in [3.8, 4) is 5.75 Å². The number of aliphatic carboxylic acids is 1. The van der Waals surface area contributed by atoms with Crippen LogP contribution in [-0.2, 0) is 9.59 Å². The van der Waals surface area contributed by atoms with Crippen molar-refractivity contribution in [2.75, 3.05) is 12.4 Å². The van der Waals surface area contributed by atoms with Crippen molar-refractivity contribution in [3.63, 3.8) is 0 Å². The van der Waals surface area contributed by atoms with Crippen LogP contribution in [0.15, 0.2) is 22.7 Å². The van der Waals surface area contributed by atoms with Gasteiger partial charge in [0.05, 0.1) is 18.2 Å². The summed E-state index contributed by atoms with van der Waals surface area (Å²) in [6.07, 6.45) is 1.98. The minimum atomic E-state index is -0.889. The number of carbonyl (C=O) groups is 2. The largest absolute Gasteiger partial charge is 0.495 e. The summed E-state index contributed by atoms with van der Waals surface area (Å²) < 4.78 is 5.98. The Hall–Kier alpha value is -1.56. The second-order valence-electron chi connectivity index (χ2n) is 5.01. The van der Waals surface area contributed by atoms with Crippen molar-refractivity contribution in [2.24, 2.45) is 5.41 Å². The van der Waals surface area contributed by atoms with Crippen molar-refractivity contribution in [3.05, 3.63) is 22.7 Å². The number of benzene rings is 1. The number of carboxylic acids is 1. The number of hydrogen-bond donors (Lipinski definition) is 2. The van der Waals surface area contributed by atoms with Crippen molar-refractivity contribution in [2.45, 2.75) is 25.7 Å². The summed E-state index contributed by atoms with van der Waals surface area (Å²) in [5, 5.41) is 12.0. The molecular formula is C14H16BrNO4. The fourth-order valence-corrected chi connectivity index (χ4v) is 2.71. The first kappa shape index (κ1) is 14.8. The van der Waals surface area contributed by atoms with Crippen LogP contribution in [0.3, 0.4) is 0 Å². The molecule has 2 N–H and O–H groups in total. The van der Waals surface area contributed by atoms with E-state index in [9.17, 15) is 14.7 Å². The molecule has 0 bridgehead atoms. The Morgan fingerprint density at radius 3 is 2.65 bits per heavy atom. The van der Waals surface area contributed by atoms with Crippen LogP contribution in [0.4, 0.5) is 5.69 Å². The van der Waals surface area contributed by atoms with Crippen molar-refractivity contribution in [1.82, 2.24) is 0 Å². The molecule has 1 aromatic carbocycles. The molecule has 1 amide bonds. The van der Waals surface area contributed by atoms with Crippen LogP contribution in [0, 0.1) is 5.41 Å². The van der Waals surface area contributed by atoms with Gasteiger partial charge in [-0.25, -0.2) is 0 Å². The van der Waals surface area contributed by atoms with Gasteiger partial charge >= 0.3 is 5.97 Å². The lowest BCUT2D eigenvalue weighted by atomic mass is 9.66. The highest BCUT2D eigenvalue weighted by Gasteiger charge is 2.45. The molecule has 5 nitrogen and oxygen atoms in total. The number of halogens is 1. The molecule has 2 rings (SSSR count). The number of amides is 1. The van der Waals surface area contributed by atoms with Crippen LogP contribution >= 0.6 is 15.9 Å². The Morgan fingerprint density at radius 1 is 1.45 bits per heavy atom. The molecule has 6 heteroatoms. The summed E-state index contributed by atoms with van der Waals surface area (Å²) in [4.78, 5) is 23.3. The number of hydrogen-bond acceptors (Lipinski definition) is 3. The predicted molar refractivity (Wildman–Crippen MR) is 77.9 cm³/mol. The van der Waals surface area contributed by atoms with Crippen molar-refractivity contribution in [1.29, 1.82) is 0 Å². The van der Waals surface area contributed by atoms with Crippen LogP contribution in [0.1, 0.15) is 25.7 Å². The maximum absolute atomic E-state index is 12.1. The maximum atomic E-state index is 12.1. The maximum Gasteiger partial charge on any atom is 0.310 e. The minimum absolute atomic E-state index is 0.00198. The van der Waals surface area contributed by atoms with Gasteiger partial charge in [-0.05, 0) is 31.0 Å². The summed E-state index contributed by atoms with van der Waals surface area (Å²) >= 11 is 3.32. The van der Waals surface area contributed by atoms with E-state index in [0.29, 0.717) is 24.3 Å². The molecule has 0 radical (unpaired) electrons. The molecule has 0 unspecified atom stereocenters. The Labute approximate surface area is 125 Å². The molecule has 1 aromatic rings. The minimum Gasteiger partial charge on any atom is -0.495 e. The van der Waals surface area contributed by atoms with E-state index >= 15 is 0 Å².